The van der Waals surface area contributed by atoms with Gasteiger partial charge in [0.05, 0.1) is 7.11 Å². The maximum atomic E-state index is 12.4. The Balaban J connectivity index is 1.51. The standard InChI is InChI=1S/C29H32N2O5/c1-31-14-12-22(13-15-31)36-24-8-5-7-23(18-24)35-19-21-6-3-4-9-25(21)26(29(30)33)16-20-10-11-28(34-2)27(32)17-20/h3-11,16-18,22,32H,12-15,19H2,1-2H3,(H2,30,33)/b26-16+. The van der Waals surface area contributed by atoms with Crippen LogP contribution in [0.3, 0.4) is 0 Å². The van der Waals surface area contributed by atoms with Gasteiger partial charge in [0.15, 0.2) is 11.5 Å². The molecule has 1 fully saturated rings. The van der Waals surface area contributed by atoms with Crippen LogP contribution in [-0.2, 0) is 11.4 Å². The molecule has 0 aliphatic carbocycles. The second-order valence-electron chi connectivity index (χ2n) is 8.89. The fourth-order valence-electron chi connectivity index (χ4n) is 4.25. The van der Waals surface area contributed by atoms with Gasteiger partial charge < -0.3 is 30.0 Å². The first-order chi connectivity index (χ1) is 17.4. The highest BCUT2D eigenvalue weighted by atomic mass is 16.5. The predicted molar refractivity (Wildman–Crippen MR) is 140 cm³/mol. The number of ether oxygens (including phenoxy) is 3. The van der Waals surface area contributed by atoms with Crippen molar-refractivity contribution in [3.05, 3.63) is 83.4 Å². The molecule has 1 aliphatic rings. The van der Waals surface area contributed by atoms with E-state index in [1.807, 2.05) is 48.5 Å². The molecule has 188 valence electrons. The summed E-state index contributed by atoms with van der Waals surface area (Å²) in [5.74, 6) is 1.22. The van der Waals surface area contributed by atoms with Crippen LogP contribution in [0.25, 0.3) is 11.6 Å². The van der Waals surface area contributed by atoms with Crippen LogP contribution >= 0.6 is 0 Å². The summed E-state index contributed by atoms with van der Waals surface area (Å²) in [4.78, 5) is 14.7. The summed E-state index contributed by atoms with van der Waals surface area (Å²) in [6.45, 7) is 2.30. The van der Waals surface area contributed by atoms with Gasteiger partial charge in [-0.15, -0.1) is 0 Å². The molecule has 7 nitrogen and oxygen atoms in total. The van der Waals surface area contributed by atoms with Gasteiger partial charge >= 0.3 is 0 Å². The summed E-state index contributed by atoms with van der Waals surface area (Å²) < 4.78 is 17.4. The molecule has 0 radical (unpaired) electrons. The number of likely N-dealkylation sites (tertiary alicyclic amines) is 1. The van der Waals surface area contributed by atoms with E-state index in [1.165, 1.54) is 13.2 Å². The molecule has 7 heteroatoms. The third-order valence-electron chi connectivity index (χ3n) is 6.26. The summed E-state index contributed by atoms with van der Waals surface area (Å²) in [6.07, 6.45) is 3.86. The number of piperidine rings is 1. The Bertz CT molecular complexity index is 1230. The third kappa shape index (κ3) is 6.37. The van der Waals surface area contributed by atoms with E-state index in [1.54, 1.807) is 18.2 Å². The number of primary amides is 1. The van der Waals surface area contributed by atoms with Gasteiger partial charge in [-0.25, -0.2) is 0 Å². The topological polar surface area (TPSA) is 94.2 Å². The fraction of sp³-hybridized carbons (Fsp3) is 0.276. The minimum Gasteiger partial charge on any atom is -0.504 e. The second kappa shape index (κ2) is 11.6. The van der Waals surface area contributed by atoms with Gasteiger partial charge in [0, 0.05) is 24.7 Å². The number of rotatable bonds is 9. The number of amides is 1. The van der Waals surface area contributed by atoms with Crippen LogP contribution in [0.1, 0.15) is 29.5 Å². The van der Waals surface area contributed by atoms with Gasteiger partial charge in [-0.3, -0.25) is 4.79 Å². The lowest BCUT2D eigenvalue weighted by Gasteiger charge is -2.29. The number of hydrogen-bond acceptors (Lipinski definition) is 6. The van der Waals surface area contributed by atoms with E-state index in [4.69, 9.17) is 19.9 Å². The molecule has 0 aromatic heterocycles. The van der Waals surface area contributed by atoms with Crippen molar-refractivity contribution in [3.63, 3.8) is 0 Å². The molecule has 0 atom stereocenters. The summed E-state index contributed by atoms with van der Waals surface area (Å²) in [7, 11) is 3.61. The number of phenols is 1. The highest BCUT2D eigenvalue weighted by Crippen LogP contribution is 2.30. The molecule has 0 unspecified atom stereocenters. The largest absolute Gasteiger partial charge is 0.504 e. The summed E-state index contributed by atoms with van der Waals surface area (Å²) in [5, 5.41) is 10.1. The zero-order chi connectivity index (χ0) is 25.5. The van der Waals surface area contributed by atoms with Crippen molar-refractivity contribution in [2.75, 3.05) is 27.2 Å². The predicted octanol–water partition coefficient (Wildman–Crippen LogP) is 4.48. The van der Waals surface area contributed by atoms with Crippen molar-refractivity contribution in [2.24, 2.45) is 5.73 Å². The minimum absolute atomic E-state index is 0.0194. The zero-order valence-electron chi connectivity index (χ0n) is 20.6. The van der Waals surface area contributed by atoms with Gasteiger partial charge in [-0.1, -0.05) is 36.4 Å². The molecule has 3 aromatic rings. The van der Waals surface area contributed by atoms with Crippen molar-refractivity contribution in [1.29, 1.82) is 0 Å². The molecule has 36 heavy (non-hydrogen) atoms. The summed E-state index contributed by atoms with van der Waals surface area (Å²) in [5.41, 5.74) is 8.16. The zero-order valence-corrected chi connectivity index (χ0v) is 20.6. The maximum absolute atomic E-state index is 12.4. The first kappa shape index (κ1) is 25.1. The minimum atomic E-state index is -0.578. The van der Waals surface area contributed by atoms with Gasteiger partial charge in [0.1, 0.15) is 24.2 Å². The Labute approximate surface area is 211 Å². The molecule has 1 amide bonds. The molecule has 1 saturated heterocycles. The maximum Gasteiger partial charge on any atom is 0.249 e. The average Bonchev–Trinajstić information content (AvgIpc) is 2.88. The van der Waals surface area contributed by atoms with E-state index in [0.29, 0.717) is 28.2 Å². The summed E-state index contributed by atoms with van der Waals surface area (Å²) in [6, 6.07) is 20.0. The Morgan fingerprint density at radius 2 is 1.81 bits per heavy atom. The molecular weight excluding hydrogens is 456 g/mol. The van der Waals surface area contributed by atoms with Crippen LogP contribution in [0.4, 0.5) is 0 Å². The number of phenolic OH excluding ortho intramolecular Hbond substituents is 1. The number of nitrogens with zero attached hydrogens (tertiary/aromatic N) is 1. The molecule has 4 rings (SSSR count). The van der Waals surface area contributed by atoms with Crippen LogP contribution in [0, 0.1) is 0 Å². The van der Waals surface area contributed by atoms with Crippen LogP contribution in [0.5, 0.6) is 23.0 Å². The molecule has 0 spiro atoms. The third-order valence-corrected chi connectivity index (χ3v) is 6.26. The van der Waals surface area contributed by atoms with Gasteiger partial charge in [0.25, 0.3) is 0 Å². The van der Waals surface area contributed by atoms with Crippen molar-refractivity contribution in [1.82, 2.24) is 4.90 Å². The molecule has 0 saturated carbocycles. The molecule has 1 aliphatic heterocycles. The number of hydrogen-bond donors (Lipinski definition) is 2. The first-order valence-electron chi connectivity index (χ1n) is 12.0. The van der Waals surface area contributed by atoms with E-state index in [0.717, 1.165) is 37.2 Å². The first-order valence-corrected chi connectivity index (χ1v) is 12.0. The Morgan fingerprint density at radius 1 is 1.06 bits per heavy atom. The van der Waals surface area contributed by atoms with Gasteiger partial charge in [0.2, 0.25) is 5.91 Å². The molecular formula is C29H32N2O5. The van der Waals surface area contributed by atoms with E-state index < -0.39 is 5.91 Å². The molecule has 0 bridgehead atoms. The van der Waals surface area contributed by atoms with E-state index >= 15 is 0 Å². The SMILES string of the molecule is COc1ccc(/C=C(/C(N)=O)c2ccccc2COc2cccc(OC3CCN(C)CC3)c2)cc1O. The van der Waals surface area contributed by atoms with Crippen molar-refractivity contribution in [3.8, 4) is 23.0 Å². The van der Waals surface area contributed by atoms with Gasteiger partial charge in [-0.2, -0.15) is 0 Å². The highest BCUT2D eigenvalue weighted by Gasteiger charge is 2.18. The van der Waals surface area contributed by atoms with Gasteiger partial charge in [-0.05, 0) is 66.9 Å². The lowest BCUT2D eigenvalue weighted by molar-refractivity contribution is -0.112. The number of carbonyl (C=O) groups excluding carboxylic acids is 1. The van der Waals surface area contributed by atoms with Crippen molar-refractivity contribution in [2.45, 2.75) is 25.6 Å². The molecule has 3 N–H and O–H groups in total. The quantitative estimate of drug-likeness (QED) is 0.341. The van der Waals surface area contributed by atoms with Crippen LogP contribution in [0.2, 0.25) is 0 Å². The Hall–Kier alpha value is -3.97. The summed E-state index contributed by atoms with van der Waals surface area (Å²) >= 11 is 0. The molecule has 3 aromatic carbocycles. The smallest absolute Gasteiger partial charge is 0.249 e. The number of nitrogens with two attached hydrogens (primary N) is 1. The van der Waals surface area contributed by atoms with E-state index in [2.05, 4.69) is 11.9 Å². The lowest BCUT2D eigenvalue weighted by Crippen LogP contribution is -2.35. The van der Waals surface area contributed by atoms with Crippen LogP contribution in [-0.4, -0.2) is 49.3 Å². The fourth-order valence-corrected chi connectivity index (χ4v) is 4.25. The Morgan fingerprint density at radius 3 is 2.53 bits per heavy atom. The van der Waals surface area contributed by atoms with Crippen molar-refractivity contribution >= 4 is 17.6 Å². The number of methoxy groups -OCH3 is 1. The lowest BCUT2D eigenvalue weighted by atomic mass is 9.97. The monoisotopic (exact) mass is 488 g/mol. The second-order valence-corrected chi connectivity index (χ2v) is 8.89. The normalized spacial score (nSPS) is 14.9. The average molecular weight is 489 g/mol. The number of aromatic hydroxyl groups is 1. The van der Waals surface area contributed by atoms with Crippen LogP contribution in [0.15, 0.2) is 66.7 Å². The number of carbonyl (C=O) groups is 1. The molecule has 1 heterocycles. The van der Waals surface area contributed by atoms with E-state index in [9.17, 15) is 9.90 Å². The van der Waals surface area contributed by atoms with Crippen LogP contribution < -0.4 is 19.9 Å². The van der Waals surface area contributed by atoms with E-state index in [-0.39, 0.29) is 18.5 Å². The van der Waals surface area contributed by atoms with Crippen molar-refractivity contribution < 1.29 is 24.1 Å². The number of benzene rings is 3. The Kier molecular flexibility index (Phi) is 8.13. The highest BCUT2D eigenvalue weighted by molar-refractivity contribution is 6.23.